The third-order valence-corrected chi connectivity index (χ3v) is 5.64. The minimum atomic E-state index is -1.02. The molecular formula is C25H19NO8. The van der Waals surface area contributed by atoms with Crippen LogP contribution in [0.4, 0.5) is 5.69 Å². The van der Waals surface area contributed by atoms with E-state index in [9.17, 15) is 19.5 Å². The fraction of sp³-hybridized carbons (Fsp3) is 0.160. The Morgan fingerprint density at radius 1 is 0.971 bits per heavy atom. The molecule has 1 saturated heterocycles. The number of aliphatic carboxylic acids is 1. The first-order chi connectivity index (χ1) is 16.4. The van der Waals surface area contributed by atoms with Gasteiger partial charge in [-0.05, 0) is 48.0 Å². The Labute approximate surface area is 193 Å². The molecule has 172 valence electrons. The lowest BCUT2D eigenvalue weighted by Crippen LogP contribution is -2.29. The van der Waals surface area contributed by atoms with E-state index in [0.717, 1.165) is 0 Å². The summed E-state index contributed by atoms with van der Waals surface area (Å²) < 4.78 is 16.6. The molecule has 2 N–H and O–H groups in total. The van der Waals surface area contributed by atoms with Crippen LogP contribution in [0.15, 0.2) is 70.9 Å². The van der Waals surface area contributed by atoms with Crippen molar-refractivity contribution in [1.82, 2.24) is 0 Å². The summed E-state index contributed by atoms with van der Waals surface area (Å²) in [5, 5.41) is 20.2. The van der Waals surface area contributed by atoms with E-state index in [-0.39, 0.29) is 29.1 Å². The van der Waals surface area contributed by atoms with Crippen LogP contribution in [0, 0.1) is 0 Å². The second-order valence-electron chi connectivity index (χ2n) is 7.78. The first-order valence-corrected chi connectivity index (χ1v) is 10.5. The molecule has 0 radical (unpaired) electrons. The molecule has 34 heavy (non-hydrogen) atoms. The molecule has 0 aliphatic carbocycles. The first kappa shape index (κ1) is 21.3. The van der Waals surface area contributed by atoms with E-state index in [4.69, 9.17) is 19.0 Å². The number of aliphatic hydroxyl groups is 1. The van der Waals surface area contributed by atoms with Crippen molar-refractivity contribution in [3.05, 3.63) is 83.3 Å². The van der Waals surface area contributed by atoms with Crippen LogP contribution < -0.4 is 14.4 Å². The molecule has 3 heterocycles. The van der Waals surface area contributed by atoms with E-state index in [1.807, 2.05) is 0 Å². The van der Waals surface area contributed by atoms with E-state index < -0.39 is 23.7 Å². The van der Waals surface area contributed by atoms with Gasteiger partial charge < -0.3 is 24.1 Å². The molecular weight excluding hydrogens is 442 g/mol. The number of amides is 1. The zero-order chi connectivity index (χ0) is 23.8. The van der Waals surface area contributed by atoms with Gasteiger partial charge in [-0.3, -0.25) is 19.3 Å². The lowest BCUT2D eigenvalue weighted by Gasteiger charge is -2.23. The van der Waals surface area contributed by atoms with Crippen LogP contribution in [0.3, 0.4) is 0 Å². The number of carboxylic acid groups (broad SMARTS) is 1. The number of Topliss-reactive ketones (excluding diaryl/α,β-unsaturated/α-hetero) is 1. The lowest BCUT2D eigenvalue weighted by molar-refractivity contribution is -0.136. The van der Waals surface area contributed by atoms with Crippen molar-refractivity contribution in [3.8, 4) is 11.5 Å². The van der Waals surface area contributed by atoms with Gasteiger partial charge in [-0.25, -0.2) is 0 Å². The molecule has 1 amide bonds. The van der Waals surface area contributed by atoms with Crippen molar-refractivity contribution >= 4 is 29.1 Å². The lowest BCUT2D eigenvalue weighted by atomic mass is 9.98. The van der Waals surface area contributed by atoms with Gasteiger partial charge in [0, 0.05) is 11.3 Å². The number of ether oxygens (including phenoxy) is 2. The molecule has 2 aliphatic rings. The fourth-order valence-corrected chi connectivity index (χ4v) is 4.11. The van der Waals surface area contributed by atoms with E-state index in [0.29, 0.717) is 36.0 Å². The van der Waals surface area contributed by atoms with E-state index in [1.54, 1.807) is 54.6 Å². The quantitative estimate of drug-likeness (QED) is 0.337. The minimum absolute atomic E-state index is 0.133. The average molecular weight is 461 g/mol. The highest BCUT2D eigenvalue weighted by Gasteiger charge is 2.48. The summed E-state index contributed by atoms with van der Waals surface area (Å²) in [6, 6.07) is 13.2. The van der Waals surface area contributed by atoms with E-state index in [1.165, 1.54) is 11.2 Å². The van der Waals surface area contributed by atoms with Gasteiger partial charge in [0.1, 0.15) is 30.8 Å². The van der Waals surface area contributed by atoms with Gasteiger partial charge in [-0.1, -0.05) is 12.1 Å². The highest BCUT2D eigenvalue weighted by Crippen LogP contribution is 2.43. The summed E-state index contributed by atoms with van der Waals surface area (Å²) in [4.78, 5) is 38.4. The molecule has 1 unspecified atom stereocenters. The van der Waals surface area contributed by atoms with Crippen LogP contribution in [0.1, 0.15) is 22.9 Å². The number of aliphatic hydroxyl groups excluding tert-OH is 1. The molecule has 9 nitrogen and oxygen atoms in total. The number of rotatable bonds is 5. The Kier molecular flexibility index (Phi) is 5.29. The van der Waals surface area contributed by atoms with Crippen molar-refractivity contribution in [2.45, 2.75) is 12.5 Å². The van der Waals surface area contributed by atoms with Gasteiger partial charge in [0.05, 0.1) is 18.3 Å². The maximum Gasteiger partial charge on any atom is 0.307 e. The SMILES string of the molecule is O=C(O)Cc1ccc(N2C(=O)C(=O)/C(=C(\O)c3ccc4c(c3)OCCO4)C2c2ccco2)cc1. The van der Waals surface area contributed by atoms with Crippen LogP contribution >= 0.6 is 0 Å². The number of hydrogen-bond acceptors (Lipinski definition) is 7. The fourth-order valence-electron chi connectivity index (χ4n) is 4.11. The number of anilines is 1. The second kappa shape index (κ2) is 8.43. The number of carboxylic acids is 1. The Morgan fingerprint density at radius 3 is 2.38 bits per heavy atom. The Hall–Kier alpha value is -4.53. The summed E-state index contributed by atoms with van der Waals surface area (Å²) in [6.07, 6.45) is 1.24. The highest BCUT2D eigenvalue weighted by atomic mass is 16.6. The van der Waals surface area contributed by atoms with Gasteiger partial charge >= 0.3 is 5.97 Å². The number of benzene rings is 2. The summed E-state index contributed by atoms with van der Waals surface area (Å²) in [5.74, 6) is -1.84. The highest BCUT2D eigenvalue weighted by molar-refractivity contribution is 6.51. The van der Waals surface area contributed by atoms with Gasteiger partial charge in [0.2, 0.25) is 0 Å². The second-order valence-corrected chi connectivity index (χ2v) is 7.78. The zero-order valence-electron chi connectivity index (χ0n) is 17.8. The van der Waals surface area contributed by atoms with Crippen LogP contribution in [0.2, 0.25) is 0 Å². The Balaban J connectivity index is 1.61. The van der Waals surface area contributed by atoms with Crippen molar-refractivity contribution in [3.63, 3.8) is 0 Å². The summed E-state index contributed by atoms with van der Waals surface area (Å²) in [6.45, 7) is 0.763. The van der Waals surface area contributed by atoms with Gasteiger partial charge in [0.25, 0.3) is 11.7 Å². The standard InChI is InChI=1S/C25H19NO8/c27-20(28)12-14-3-6-16(7-4-14)26-22(18-2-1-9-32-18)21(24(30)25(26)31)23(29)15-5-8-17-19(13-15)34-11-10-33-17/h1-9,13,22,29H,10-12H2,(H,27,28)/b23-21-. The number of fused-ring (bicyclic) bond motifs is 1. The molecule has 0 bridgehead atoms. The molecule has 1 fully saturated rings. The molecule has 3 aromatic rings. The Bertz CT molecular complexity index is 1310. The van der Waals surface area contributed by atoms with Crippen molar-refractivity contribution in [2.24, 2.45) is 0 Å². The number of carbonyl (C=O) groups is 3. The summed E-state index contributed by atoms with van der Waals surface area (Å²) >= 11 is 0. The number of furan rings is 1. The third-order valence-electron chi connectivity index (χ3n) is 5.64. The first-order valence-electron chi connectivity index (χ1n) is 10.5. The predicted molar refractivity (Wildman–Crippen MR) is 119 cm³/mol. The van der Waals surface area contributed by atoms with Crippen LogP contribution in [0.5, 0.6) is 11.5 Å². The van der Waals surface area contributed by atoms with Gasteiger partial charge in [-0.2, -0.15) is 0 Å². The van der Waals surface area contributed by atoms with Crippen molar-refractivity contribution in [2.75, 3.05) is 18.1 Å². The van der Waals surface area contributed by atoms with Crippen molar-refractivity contribution in [1.29, 1.82) is 0 Å². The predicted octanol–water partition coefficient (Wildman–Crippen LogP) is 3.30. The maximum absolute atomic E-state index is 13.1. The molecule has 1 atom stereocenters. The van der Waals surface area contributed by atoms with Gasteiger partial charge in [0.15, 0.2) is 11.5 Å². The topological polar surface area (TPSA) is 127 Å². The van der Waals surface area contributed by atoms with Crippen LogP contribution in [-0.4, -0.2) is 41.1 Å². The summed E-state index contributed by atoms with van der Waals surface area (Å²) in [5.41, 5.74) is 1.05. The largest absolute Gasteiger partial charge is 0.507 e. The number of hydrogen-bond donors (Lipinski definition) is 2. The molecule has 2 aliphatic heterocycles. The maximum atomic E-state index is 13.1. The van der Waals surface area contributed by atoms with Crippen molar-refractivity contribution < 1.29 is 38.5 Å². The molecule has 5 rings (SSSR count). The number of ketones is 1. The zero-order valence-corrected chi connectivity index (χ0v) is 17.8. The molecule has 0 spiro atoms. The smallest absolute Gasteiger partial charge is 0.307 e. The van der Waals surface area contributed by atoms with E-state index >= 15 is 0 Å². The molecule has 1 aromatic heterocycles. The minimum Gasteiger partial charge on any atom is -0.507 e. The molecule has 2 aromatic carbocycles. The molecule has 9 heteroatoms. The summed E-state index contributed by atoms with van der Waals surface area (Å²) in [7, 11) is 0. The van der Waals surface area contributed by atoms with Crippen LogP contribution in [-0.2, 0) is 20.8 Å². The van der Waals surface area contributed by atoms with Gasteiger partial charge in [-0.15, -0.1) is 0 Å². The molecule has 0 saturated carbocycles. The van der Waals surface area contributed by atoms with Crippen LogP contribution in [0.25, 0.3) is 5.76 Å². The Morgan fingerprint density at radius 2 is 1.71 bits per heavy atom. The van der Waals surface area contributed by atoms with E-state index in [2.05, 4.69) is 0 Å². The average Bonchev–Trinajstić information content (AvgIpc) is 3.45. The number of nitrogens with zero attached hydrogens (tertiary/aromatic N) is 1. The monoisotopic (exact) mass is 461 g/mol. The normalized spacial score (nSPS) is 18.8. The number of carbonyl (C=O) groups excluding carboxylic acids is 2. The third kappa shape index (κ3) is 3.66.